The molecular weight excluding hydrogens is 270 g/mol. The number of carbonyl (C=O) groups is 1. The third-order valence-electron chi connectivity index (χ3n) is 2.51. The second-order valence-electron chi connectivity index (χ2n) is 3.88. The zero-order chi connectivity index (χ0) is 14.3. The number of rotatable bonds is 7. The molecule has 0 fully saturated rings. The first-order valence-corrected chi connectivity index (χ1v) is 6.16. The first-order chi connectivity index (χ1) is 9.10. The zero-order valence-electron chi connectivity index (χ0n) is 11.1. The second kappa shape index (κ2) is 7.93. The van der Waals surface area contributed by atoms with Crippen molar-refractivity contribution in [2.75, 3.05) is 46.3 Å². The number of nitrogen functional groups attached to an aromatic ring is 1. The molecule has 0 aliphatic heterocycles. The van der Waals surface area contributed by atoms with Crippen LogP contribution < -0.4 is 5.73 Å². The van der Waals surface area contributed by atoms with Crippen molar-refractivity contribution in [2.45, 2.75) is 0 Å². The van der Waals surface area contributed by atoms with Gasteiger partial charge in [-0.1, -0.05) is 11.6 Å². The summed E-state index contributed by atoms with van der Waals surface area (Å²) in [5.41, 5.74) is 6.31. The smallest absolute Gasteiger partial charge is 0.257 e. The average Bonchev–Trinajstić information content (AvgIpc) is 2.41. The van der Waals surface area contributed by atoms with Gasteiger partial charge >= 0.3 is 0 Å². The monoisotopic (exact) mass is 287 g/mol. The third kappa shape index (κ3) is 4.66. The lowest BCUT2D eigenvalue weighted by molar-refractivity contribution is 0.0627. The molecule has 1 amide bonds. The summed E-state index contributed by atoms with van der Waals surface area (Å²) in [5.74, 6) is -0.237. The van der Waals surface area contributed by atoms with Crippen LogP contribution in [0.25, 0.3) is 0 Å². The molecule has 1 aromatic heterocycles. The quantitative estimate of drug-likeness (QED) is 0.759. The van der Waals surface area contributed by atoms with Crippen LogP contribution in [0.2, 0.25) is 5.15 Å². The van der Waals surface area contributed by atoms with Crippen molar-refractivity contribution in [1.29, 1.82) is 0 Å². The number of hydrogen-bond acceptors (Lipinski definition) is 5. The summed E-state index contributed by atoms with van der Waals surface area (Å²) in [6.07, 6.45) is 1.41. The minimum Gasteiger partial charge on any atom is -0.397 e. The molecule has 0 saturated carbocycles. The number of nitrogens with zero attached hydrogens (tertiary/aromatic N) is 2. The lowest BCUT2D eigenvalue weighted by Crippen LogP contribution is -2.36. The Kier molecular flexibility index (Phi) is 6.55. The van der Waals surface area contributed by atoms with Crippen molar-refractivity contribution in [2.24, 2.45) is 0 Å². The van der Waals surface area contributed by atoms with Crippen LogP contribution in [0, 0.1) is 0 Å². The lowest BCUT2D eigenvalue weighted by atomic mass is 10.2. The van der Waals surface area contributed by atoms with Gasteiger partial charge in [-0.15, -0.1) is 0 Å². The van der Waals surface area contributed by atoms with Gasteiger partial charge < -0.3 is 20.1 Å². The number of pyridine rings is 1. The Balaban J connectivity index is 2.87. The van der Waals surface area contributed by atoms with Gasteiger partial charge in [0, 0.05) is 27.3 Å². The zero-order valence-corrected chi connectivity index (χ0v) is 11.8. The van der Waals surface area contributed by atoms with E-state index < -0.39 is 0 Å². The van der Waals surface area contributed by atoms with Crippen LogP contribution in [0.4, 0.5) is 5.69 Å². The summed E-state index contributed by atoms with van der Waals surface area (Å²) in [7, 11) is 3.15. The minimum absolute atomic E-state index is 0.138. The molecule has 1 aromatic rings. The number of hydrogen-bond donors (Lipinski definition) is 1. The van der Waals surface area contributed by atoms with E-state index >= 15 is 0 Å². The van der Waals surface area contributed by atoms with Crippen LogP contribution in [-0.2, 0) is 9.47 Å². The van der Waals surface area contributed by atoms with Crippen molar-refractivity contribution in [1.82, 2.24) is 9.88 Å². The Hall–Kier alpha value is -1.37. The predicted molar refractivity (Wildman–Crippen MR) is 73.3 cm³/mol. The number of methoxy groups -OCH3 is 2. The van der Waals surface area contributed by atoms with Gasteiger partial charge in [0.25, 0.3) is 5.91 Å². The van der Waals surface area contributed by atoms with E-state index in [2.05, 4.69) is 4.98 Å². The van der Waals surface area contributed by atoms with Crippen molar-refractivity contribution in [3.8, 4) is 0 Å². The van der Waals surface area contributed by atoms with E-state index in [9.17, 15) is 4.79 Å². The molecule has 6 nitrogen and oxygen atoms in total. The normalized spacial score (nSPS) is 10.5. The van der Waals surface area contributed by atoms with E-state index in [0.29, 0.717) is 32.0 Å². The van der Waals surface area contributed by atoms with Crippen LogP contribution in [0.3, 0.4) is 0 Å². The highest BCUT2D eigenvalue weighted by Gasteiger charge is 2.19. The largest absolute Gasteiger partial charge is 0.397 e. The molecule has 0 aliphatic carbocycles. The molecule has 7 heteroatoms. The Morgan fingerprint density at radius 1 is 1.37 bits per heavy atom. The van der Waals surface area contributed by atoms with Crippen LogP contribution in [0.1, 0.15) is 10.4 Å². The Morgan fingerprint density at radius 2 is 1.95 bits per heavy atom. The van der Waals surface area contributed by atoms with Crippen molar-refractivity contribution in [3.63, 3.8) is 0 Å². The maximum atomic E-state index is 12.4. The molecule has 0 bridgehead atoms. The summed E-state index contributed by atoms with van der Waals surface area (Å²) in [4.78, 5) is 17.8. The van der Waals surface area contributed by atoms with E-state index in [0.717, 1.165) is 0 Å². The number of carbonyl (C=O) groups excluding carboxylic acids is 1. The van der Waals surface area contributed by atoms with E-state index in [-0.39, 0.29) is 16.6 Å². The fraction of sp³-hybridized carbons (Fsp3) is 0.500. The molecule has 19 heavy (non-hydrogen) atoms. The van der Waals surface area contributed by atoms with Crippen molar-refractivity contribution < 1.29 is 14.3 Å². The molecule has 1 rings (SSSR count). The van der Waals surface area contributed by atoms with Gasteiger partial charge in [0.1, 0.15) is 5.15 Å². The van der Waals surface area contributed by atoms with Crippen molar-refractivity contribution in [3.05, 3.63) is 23.0 Å². The number of amides is 1. The first-order valence-electron chi connectivity index (χ1n) is 5.78. The number of halogens is 1. The van der Waals surface area contributed by atoms with Crippen LogP contribution in [0.5, 0.6) is 0 Å². The maximum Gasteiger partial charge on any atom is 0.257 e. The van der Waals surface area contributed by atoms with Crippen LogP contribution in [-0.4, -0.2) is 56.3 Å². The maximum absolute atomic E-state index is 12.4. The second-order valence-corrected chi connectivity index (χ2v) is 4.24. The first kappa shape index (κ1) is 15.7. The molecule has 0 aromatic carbocycles. The highest BCUT2D eigenvalue weighted by Crippen LogP contribution is 2.17. The van der Waals surface area contributed by atoms with Gasteiger partial charge in [-0.2, -0.15) is 0 Å². The van der Waals surface area contributed by atoms with Gasteiger partial charge in [0.15, 0.2) is 0 Å². The third-order valence-corrected chi connectivity index (χ3v) is 2.81. The summed E-state index contributed by atoms with van der Waals surface area (Å²) in [5, 5.41) is 0.138. The van der Waals surface area contributed by atoms with Gasteiger partial charge in [-0.05, 0) is 6.07 Å². The van der Waals surface area contributed by atoms with Gasteiger partial charge in [-0.25, -0.2) is 4.98 Å². The van der Waals surface area contributed by atoms with Crippen LogP contribution >= 0.6 is 11.6 Å². The molecule has 2 N–H and O–H groups in total. The van der Waals surface area contributed by atoms with Gasteiger partial charge in [0.2, 0.25) is 0 Å². The van der Waals surface area contributed by atoms with E-state index in [1.807, 2.05) is 0 Å². The van der Waals surface area contributed by atoms with Gasteiger partial charge in [0.05, 0.1) is 30.7 Å². The fourth-order valence-corrected chi connectivity index (χ4v) is 1.69. The van der Waals surface area contributed by atoms with E-state index in [1.54, 1.807) is 19.1 Å². The van der Waals surface area contributed by atoms with E-state index in [1.165, 1.54) is 12.3 Å². The number of aromatic nitrogens is 1. The predicted octanol–water partition coefficient (Wildman–Crippen LogP) is 1.05. The average molecular weight is 288 g/mol. The highest BCUT2D eigenvalue weighted by molar-refractivity contribution is 6.32. The molecular formula is C12H18ClN3O3. The Labute approximate surface area is 117 Å². The van der Waals surface area contributed by atoms with Gasteiger partial charge in [-0.3, -0.25) is 4.79 Å². The van der Waals surface area contributed by atoms with E-state index in [4.69, 9.17) is 26.8 Å². The summed E-state index contributed by atoms with van der Waals surface area (Å²) in [6, 6.07) is 1.52. The summed E-state index contributed by atoms with van der Waals surface area (Å²) in [6.45, 7) is 1.76. The summed E-state index contributed by atoms with van der Waals surface area (Å²) < 4.78 is 9.97. The Morgan fingerprint density at radius 3 is 2.47 bits per heavy atom. The molecule has 106 valence electrons. The highest BCUT2D eigenvalue weighted by atomic mass is 35.5. The molecule has 0 aliphatic rings. The number of nitrogens with two attached hydrogens (primary N) is 1. The fourth-order valence-electron chi connectivity index (χ4n) is 1.50. The summed E-state index contributed by atoms with van der Waals surface area (Å²) >= 11 is 5.93. The molecule has 0 unspecified atom stereocenters. The van der Waals surface area contributed by atoms with Crippen LogP contribution in [0.15, 0.2) is 12.3 Å². The number of ether oxygens (including phenoxy) is 2. The molecule has 0 atom stereocenters. The molecule has 0 saturated heterocycles. The SMILES string of the molecule is COCCN(CCOC)C(=O)c1cc(N)cnc1Cl. The minimum atomic E-state index is -0.237. The standard InChI is InChI=1S/C12H18ClN3O3/c1-18-5-3-16(4-6-19-2)12(17)10-7-9(14)8-15-11(10)13/h7-8H,3-6,14H2,1-2H3. The lowest BCUT2D eigenvalue weighted by Gasteiger charge is -2.22. The molecule has 0 spiro atoms. The molecule has 1 heterocycles. The number of anilines is 1. The topological polar surface area (TPSA) is 77.7 Å². The molecule has 0 radical (unpaired) electrons. The van der Waals surface area contributed by atoms with Crippen molar-refractivity contribution >= 4 is 23.2 Å². The Bertz CT molecular complexity index is 421.